The normalized spacial score (nSPS) is 31.0. The molecule has 25 heavy (non-hydrogen) atoms. The van der Waals surface area contributed by atoms with Crippen molar-refractivity contribution in [2.45, 2.75) is 86.7 Å². The average molecular weight is 351 g/mol. The summed E-state index contributed by atoms with van der Waals surface area (Å²) in [7, 11) is 2.15. The summed E-state index contributed by atoms with van der Waals surface area (Å²) in [6.07, 6.45) is 2.56. The smallest absolute Gasteiger partial charge is 0.0337 e. The first-order chi connectivity index (χ1) is 11.4. The van der Waals surface area contributed by atoms with E-state index >= 15 is 0 Å². The van der Waals surface area contributed by atoms with Gasteiger partial charge in [-0.25, -0.2) is 0 Å². The molecule has 1 aliphatic rings. The molecule has 0 aromatic heterocycles. The molecule has 1 rings (SSSR count). The van der Waals surface area contributed by atoms with Crippen molar-refractivity contribution in [1.82, 2.24) is 10.6 Å². The van der Waals surface area contributed by atoms with Crippen molar-refractivity contribution in [1.29, 1.82) is 0 Å². The molecule has 0 aromatic carbocycles. The summed E-state index contributed by atoms with van der Waals surface area (Å²) >= 11 is 0. The lowest BCUT2D eigenvalue weighted by atomic mass is 9.60. The molecule has 148 valence electrons. The molecule has 0 bridgehead atoms. The van der Waals surface area contributed by atoms with E-state index in [0.29, 0.717) is 35.6 Å². The number of allylic oxidation sites excluding steroid dienone is 1. The molecule has 0 heterocycles. The van der Waals surface area contributed by atoms with Crippen molar-refractivity contribution in [2.75, 3.05) is 7.05 Å². The third kappa shape index (κ3) is 5.49. The number of hydrogen-bond acceptors (Lipinski definition) is 2. The van der Waals surface area contributed by atoms with E-state index in [4.69, 9.17) is 0 Å². The molecule has 1 fully saturated rings. The van der Waals surface area contributed by atoms with Gasteiger partial charge >= 0.3 is 0 Å². The fourth-order valence-corrected chi connectivity index (χ4v) is 5.11. The van der Waals surface area contributed by atoms with Gasteiger partial charge in [0, 0.05) is 23.2 Å². The summed E-state index contributed by atoms with van der Waals surface area (Å²) in [5, 5.41) is 7.49. The minimum Gasteiger partial charge on any atom is -0.383 e. The van der Waals surface area contributed by atoms with Crippen molar-refractivity contribution in [3.05, 3.63) is 12.3 Å². The maximum absolute atomic E-state index is 4.55. The second kappa shape index (κ2) is 8.93. The van der Waals surface area contributed by atoms with E-state index in [1.54, 1.807) is 0 Å². The summed E-state index contributed by atoms with van der Waals surface area (Å²) in [6.45, 7) is 25.7. The summed E-state index contributed by atoms with van der Waals surface area (Å²) in [5.41, 5.74) is 1.36. The van der Waals surface area contributed by atoms with E-state index in [1.165, 1.54) is 18.5 Å². The topological polar surface area (TPSA) is 24.1 Å². The van der Waals surface area contributed by atoms with Gasteiger partial charge in [0.2, 0.25) is 0 Å². The summed E-state index contributed by atoms with van der Waals surface area (Å²) in [4.78, 5) is 0. The monoisotopic (exact) mass is 350 g/mol. The lowest BCUT2D eigenvalue weighted by Gasteiger charge is -2.50. The molecule has 5 atom stereocenters. The fraction of sp³-hybridized carbons (Fsp3) is 0.913. The van der Waals surface area contributed by atoms with Gasteiger partial charge in [-0.2, -0.15) is 0 Å². The summed E-state index contributed by atoms with van der Waals surface area (Å²) in [5.74, 6) is 4.67. The van der Waals surface area contributed by atoms with Crippen LogP contribution in [0, 0.1) is 41.4 Å². The van der Waals surface area contributed by atoms with Crippen LogP contribution in [0.2, 0.25) is 0 Å². The zero-order valence-electron chi connectivity index (χ0n) is 18.7. The van der Waals surface area contributed by atoms with Gasteiger partial charge in [-0.15, -0.1) is 0 Å². The van der Waals surface area contributed by atoms with E-state index in [2.05, 4.69) is 86.6 Å². The Kier molecular flexibility index (Phi) is 8.05. The number of hydrogen-bond donors (Lipinski definition) is 2. The highest BCUT2D eigenvalue weighted by Crippen LogP contribution is 2.46. The lowest BCUT2D eigenvalue weighted by Crippen LogP contribution is -2.53. The molecule has 0 saturated heterocycles. The van der Waals surface area contributed by atoms with Gasteiger partial charge in [0.05, 0.1) is 0 Å². The van der Waals surface area contributed by atoms with Gasteiger partial charge in [-0.05, 0) is 69.2 Å². The maximum atomic E-state index is 4.55. The Hall–Kier alpha value is -0.500. The third-order valence-electron chi connectivity index (χ3n) is 6.95. The second-order valence-electron chi connectivity index (χ2n) is 10.3. The molecule has 2 heteroatoms. The molecule has 0 aliphatic heterocycles. The molecular formula is C23H46N2. The minimum absolute atomic E-state index is 0.0925. The molecule has 0 amide bonds. The summed E-state index contributed by atoms with van der Waals surface area (Å²) < 4.78 is 0. The van der Waals surface area contributed by atoms with Crippen molar-refractivity contribution >= 4 is 0 Å². The van der Waals surface area contributed by atoms with E-state index in [9.17, 15) is 0 Å². The van der Waals surface area contributed by atoms with Gasteiger partial charge in [-0.1, -0.05) is 55.0 Å². The first kappa shape index (κ1) is 22.5. The predicted molar refractivity (Wildman–Crippen MR) is 113 cm³/mol. The van der Waals surface area contributed by atoms with Gasteiger partial charge in [-0.3, -0.25) is 0 Å². The Morgan fingerprint density at radius 3 is 2.08 bits per heavy atom. The second-order valence-corrected chi connectivity index (χ2v) is 10.3. The van der Waals surface area contributed by atoms with Crippen LogP contribution in [0.25, 0.3) is 0 Å². The molecular weight excluding hydrogens is 304 g/mol. The van der Waals surface area contributed by atoms with Crippen molar-refractivity contribution in [2.24, 2.45) is 41.4 Å². The quantitative estimate of drug-likeness (QED) is 0.586. The van der Waals surface area contributed by atoms with E-state index in [1.807, 2.05) is 0 Å². The van der Waals surface area contributed by atoms with Crippen LogP contribution in [-0.2, 0) is 0 Å². The van der Waals surface area contributed by atoms with Crippen molar-refractivity contribution in [3.63, 3.8) is 0 Å². The van der Waals surface area contributed by atoms with Gasteiger partial charge < -0.3 is 10.6 Å². The zero-order chi connectivity index (χ0) is 19.5. The average Bonchev–Trinajstić information content (AvgIpc) is 2.45. The fourth-order valence-electron chi connectivity index (χ4n) is 5.11. The predicted octanol–water partition coefficient (Wildman–Crippen LogP) is 5.70. The molecule has 1 saturated carbocycles. The van der Waals surface area contributed by atoms with E-state index < -0.39 is 0 Å². The highest BCUT2D eigenvalue weighted by atomic mass is 15.0. The molecule has 5 unspecified atom stereocenters. The zero-order valence-corrected chi connectivity index (χ0v) is 18.7. The largest absolute Gasteiger partial charge is 0.383 e. The van der Waals surface area contributed by atoms with Gasteiger partial charge in [0.25, 0.3) is 0 Å². The van der Waals surface area contributed by atoms with Crippen LogP contribution in [0.1, 0.15) is 75.2 Å². The first-order valence-corrected chi connectivity index (χ1v) is 10.6. The Morgan fingerprint density at radius 1 is 1.12 bits per heavy atom. The molecule has 2 N–H and O–H groups in total. The minimum atomic E-state index is 0.0925. The van der Waals surface area contributed by atoms with Crippen LogP contribution in [0.15, 0.2) is 12.3 Å². The molecule has 0 radical (unpaired) electrons. The first-order valence-electron chi connectivity index (χ1n) is 10.6. The van der Waals surface area contributed by atoms with Crippen LogP contribution < -0.4 is 10.6 Å². The van der Waals surface area contributed by atoms with Crippen LogP contribution in [0.4, 0.5) is 0 Å². The maximum Gasteiger partial charge on any atom is 0.0337 e. The Morgan fingerprint density at radius 2 is 1.68 bits per heavy atom. The van der Waals surface area contributed by atoms with Crippen LogP contribution >= 0.6 is 0 Å². The summed E-state index contributed by atoms with van der Waals surface area (Å²) in [6, 6.07) is 0.622. The standard InChI is InChI=1S/C23H46N2/c1-14(2)12-19-13-20(18(8)25-23(9,10)16(5)6)21(15(3)4)17(7)22(19)24-11/h14-17,19-22,24-25H,8,12-13H2,1-7,9-11H3. The Labute approximate surface area is 158 Å². The van der Waals surface area contributed by atoms with E-state index in [-0.39, 0.29) is 5.54 Å². The van der Waals surface area contributed by atoms with Crippen LogP contribution in [-0.4, -0.2) is 18.6 Å². The Bertz CT molecular complexity index is 420. The molecule has 2 nitrogen and oxygen atoms in total. The van der Waals surface area contributed by atoms with Crippen LogP contribution in [0.5, 0.6) is 0 Å². The molecule has 0 aromatic rings. The Balaban J connectivity index is 3.09. The van der Waals surface area contributed by atoms with Crippen LogP contribution in [0.3, 0.4) is 0 Å². The van der Waals surface area contributed by atoms with Crippen molar-refractivity contribution < 1.29 is 0 Å². The third-order valence-corrected chi connectivity index (χ3v) is 6.95. The van der Waals surface area contributed by atoms with Gasteiger partial charge in [0.1, 0.15) is 0 Å². The number of rotatable bonds is 8. The van der Waals surface area contributed by atoms with Gasteiger partial charge in [0.15, 0.2) is 0 Å². The van der Waals surface area contributed by atoms with E-state index in [0.717, 1.165) is 11.8 Å². The highest BCUT2D eigenvalue weighted by Gasteiger charge is 2.44. The molecule has 0 spiro atoms. The van der Waals surface area contributed by atoms with Crippen molar-refractivity contribution in [3.8, 4) is 0 Å². The SMILES string of the molecule is C=C(NC(C)(C)C(C)C)C1CC(CC(C)C)C(NC)C(C)C1C(C)C. The molecule has 1 aliphatic carbocycles. The highest BCUT2D eigenvalue weighted by molar-refractivity contribution is 5.10. The lowest BCUT2D eigenvalue weighted by molar-refractivity contribution is 0.0474. The number of nitrogens with one attached hydrogen (secondary N) is 2.